The van der Waals surface area contributed by atoms with Gasteiger partial charge in [-0.15, -0.1) is 16.4 Å². The van der Waals surface area contributed by atoms with Gasteiger partial charge in [0.25, 0.3) is 0 Å². The summed E-state index contributed by atoms with van der Waals surface area (Å²) >= 11 is 7.25. The van der Waals surface area contributed by atoms with E-state index in [4.69, 9.17) is 17.3 Å². The monoisotopic (exact) mass is 324 g/mol. The third-order valence-electron chi connectivity index (χ3n) is 3.87. The molecule has 21 heavy (non-hydrogen) atoms. The fourth-order valence-corrected chi connectivity index (χ4v) is 3.69. The Bertz CT molecular complexity index is 638. The van der Waals surface area contributed by atoms with E-state index < -0.39 is 0 Å². The number of rotatable bonds is 4. The molecular formula is C14H20N4OS2. The van der Waals surface area contributed by atoms with Crippen molar-refractivity contribution in [3.63, 3.8) is 0 Å². The van der Waals surface area contributed by atoms with Gasteiger partial charge in [-0.1, -0.05) is 6.07 Å². The summed E-state index contributed by atoms with van der Waals surface area (Å²) in [5.74, 6) is 0.953. The van der Waals surface area contributed by atoms with E-state index in [9.17, 15) is 5.11 Å². The van der Waals surface area contributed by atoms with Crippen molar-refractivity contribution in [2.24, 2.45) is 0 Å². The molecule has 1 aliphatic heterocycles. The molecular weight excluding hydrogens is 304 g/mol. The van der Waals surface area contributed by atoms with Gasteiger partial charge in [-0.25, -0.2) is 4.68 Å². The second-order valence-electron chi connectivity index (χ2n) is 5.32. The molecule has 0 aliphatic carbocycles. The van der Waals surface area contributed by atoms with Gasteiger partial charge in [-0.2, -0.15) is 0 Å². The van der Waals surface area contributed by atoms with Crippen LogP contribution < -0.4 is 0 Å². The van der Waals surface area contributed by atoms with Gasteiger partial charge in [0.1, 0.15) is 0 Å². The lowest BCUT2D eigenvalue weighted by Gasteiger charge is -2.28. The van der Waals surface area contributed by atoms with Gasteiger partial charge in [0, 0.05) is 19.6 Å². The first-order valence-corrected chi connectivity index (χ1v) is 8.59. The number of piperidine rings is 1. The highest BCUT2D eigenvalue weighted by Gasteiger charge is 2.19. The van der Waals surface area contributed by atoms with Gasteiger partial charge < -0.3 is 5.11 Å². The lowest BCUT2D eigenvalue weighted by atomic mass is 10.1. The smallest absolute Gasteiger partial charge is 0.199 e. The number of thiophene rings is 1. The van der Waals surface area contributed by atoms with Crippen LogP contribution in [0.4, 0.5) is 0 Å². The Morgan fingerprint density at radius 3 is 2.81 bits per heavy atom. The van der Waals surface area contributed by atoms with Gasteiger partial charge in [-0.3, -0.25) is 9.47 Å². The average molecular weight is 324 g/mol. The first kappa shape index (κ1) is 14.9. The van der Waals surface area contributed by atoms with Gasteiger partial charge in [0.05, 0.1) is 17.6 Å². The summed E-state index contributed by atoms with van der Waals surface area (Å²) in [5, 5.41) is 16.4. The molecule has 5 nitrogen and oxygen atoms in total. The zero-order valence-electron chi connectivity index (χ0n) is 12.1. The largest absolute Gasteiger partial charge is 0.393 e. The molecule has 0 saturated carbocycles. The molecule has 0 aromatic carbocycles. The Morgan fingerprint density at radius 2 is 2.19 bits per heavy atom. The molecule has 114 valence electrons. The van der Waals surface area contributed by atoms with Crippen LogP contribution in [-0.4, -0.2) is 43.5 Å². The summed E-state index contributed by atoms with van der Waals surface area (Å²) in [5.41, 5.74) is 0. The number of aliphatic hydroxyl groups excluding tert-OH is 1. The molecule has 1 fully saturated rings. The van der Waals surface area contributed by atoms with Crippen LogP contribution >= 0.6 is 23.6 Å². The van der Waals surface area contributed by atoms with Crippen LogP contribution in [0.3, 0.4) is 0 Å². The fourth-order valence-electron chi connectivity index (χ4n) is 2.66. The van der Waals surface area contributed by atoms with Crippen LogP contribution in [-0.2, 0) is 13.2 Å². The molecule has 3 heterocycles. The summed E-state index contributed by atoms with van der Waals surface area (Å²) in [6.07, 6.45) is 1.52. The number of hydrogen-bond donors (Lipinski definition) is 1. The number of hydrogen-bond acceptors (Lipinski definition) is 5. The van der Waals surface area contributed by atoms with Crippen LogP contribution in [0.15, 0.2) is 17.5 Å². The van der Waals surface area contributed by atoms with Crippen LogP contribution in [0, 0.1) is 4.77 Å². The van der Waals surface area contributed by atoms with Gasteiger partial charge in [0.2, 0.25) is 0 Å². The van der Waals surface area contributed by atoms with Gasteiger partial charge in [0.15, 0.2) is 10.6 Å². The van der Waals surface area contributed by atoms with Crippen LogP contribution in [0.25, 0.3) is 10.7 Å². The average Bonchev–Trinajstić information content (AvgIpc) is 3.10. The van der Waals surface area contributed by atoms with E-state index in [0.717, 1.165) is 47.9 Å². The quantitative estimate of drug-likeness (QED) is 0.878. The molecule has 2 aromatic heterocycles. The second-order valence-corrected chi connectivity index (χ2v) is 6.63. The summed E-state index contributed by atoms with van der Waals surface area (Å²) in [6, 6.07) is 4.11. The number of likely N-dealkylation sites (tertiary alicyclic amines) is 1. The minimum Gasteiger partial charge on any atom is -0.393 e. The first-order valence-electron chi connectivity index (χ1n) is 7.31. The number of aromatic nitrogens is 3. The summed E-state index contributed by atoms with van der Waals surface area (Å²) in [4.78, 5) is 3.45. The van der Waals surface area contributed by atoms with Crippen molar-refractivity contribution in [1.82, 2.24) is 19.2 Å². The maximum atomic E-state index is 9.59. The third kappa shape index (κ3) is 3.11. The number of nitrogens with zero attached hydrogens (tertiary/aromatic N) is 4. The summed E-state index contributed by atoms with van der Waals surface area (Å²) < 4.78 is 4.76. The summed E-state index contributed by atoms with van der Waals surface area (Å²) in [7, 11) is 0. The third-order valence-corrected chi connectivity index (χ3v) is 5.17. The van der Waals surface area contributed by atoms with E-state index >= 15 is 0 Å². The molecule has 2 aromatic rings. The van der Waals surface area contributed by atoms with Gasteiger partial charge >= 0.3 is 0 Å². The molecule has 0 amide bonds. The van der Waals surface area contributed by atoms with E-state index in [1.807, 2.05) is 10.7 Å². The Hall–Kier alpha value is -1.02. The van der Waals surface area contributed by atoms with Crippen molar-refractivity contribution in [3.05, 3.63) is 22.3 Å². The highest BCUT2D eigenvalue weighted by Crippen LogP contribution is 2.24. The molecule has 0 bridgehead atoms. The van der Waals surface area contributed by atoms with Crippen LogP contribution in [0.1, 0.15) is 19.8 Å². The normalized spacial score (nSPS) is 17.4. The number of aliphatic hydroxyl groups is 1. The zero-order valence-corrected chi connectivity index (χ0v) is 13.7. The zero-order chi connectivity index (χ0) is 14.8. The maximum absolute atomic E-state index is 9.59. The SMILES string of the molecule is CCn1c(-c2cccs2)nn(CN2CCC(O)CC2)c1=S. The van der Waals surface area contributed by atoms with Crippen LogP contribution in [0.5, 0.6) is 0 Å². The Kier molecular flexibility index (Phi) is 4.54. The maximum Gasteiger partial charge on any atom is 0.199 e. The van der Waals surface area contributed by atoms with E-state index in [1.165, 1.54) is 0 Å². The Balaban J connectivity index is 1.84. The molecule has 0 atom stereocenters. The molecule has 7 heteroatoms. The molecule has 1 saturated heterocycles. The van der Waals surface area contributed by atoms with Crippen molar-refractivity contribution in [1.29, 1.82) is 0 Å². The van der Waals surface area contributed by atoms with E-state index in [0.29, 0.717) is 6.67 Å². The minimum absolute atomic E-state index is 0.149. The fraction of sp³-hybridized carbons (Fsp3) is 0.571. The van der Waals surface area contributed by atoms with Crippen molar-refractivity contribution in [3.8, 4) is 10.7 Å². The molecule has 1 N–H and O–H groups in total. The molecule has 0 spiro atoms. The lowest BCUT2D eigenvalue weighted by molar-refractivity contribution is 0.0650. The molecule has 1 aliphatic rings. The first-order chi connectivity index (χ1) is 10.2. The minimum atomic E-state index is -0.149. The van der Waals surface area contributed by atoms with Crippen molar-refractivity contribution in [2.45, 2.75) is 39.1 Å². The molecule has 0 unspecified atom stereocenters. The van der Waals surface area contributed by atoms with E-state index in [2.05, 4.69) is 27.8 Å². The lowest BCUT2D eigenvalue weighted by Crippen LogP contribution is -2.37. The van der Waals surface area contributed by atoms with Crippen LogP contribution in [0.2, 0.25) is 0 Å². The van der Waals surface area contributed by atoms with Crippen molar-refractivity contribution >= 4 is 23.6 Å². The van der Waals surface area contributed by atoms with E-state index in [-0.39, 0.29) is 6.10 Å². The summed E-state index contributed by atoms with van der Waals surface area (Å²) in [6.45, 7) is 5.42. The highest BCUT2D eigenvalue weighted by molar-refractivity contribution is 7.71. The van der Waals surface area contributed by atoms with E-state index in [1.54, 1.807) is 11.3 Å². The predicted molar refractivity (Wildman–Crippen MR) is 86.9 cm³/mol. The van der Waals surface area contributed by atoms with Crippen molar-refractivity contribution in [2.75, 3.05) is 13.1 Å². The van der Waals surface area contributed by atoms with Gasteiger partial charge in [-0.05, 0) is 43.4 Å². The highest BCUT2D eigenvalue weighted by atomic mass is 32.1. The standard InChI is InChI=1S/C14H20N4OS2/c1-2-17-13(12-4-3-9-21-12)15-18(14(17)20)10-16-7-5-11(19)6-8-16/h3-4,9,11,19H,2,5-8,10H2,1H3. The Labute approximate surface area is 133 Å². The second kappa shape index (κ2) is 6.39. The molecule has 0 radical (unpaired) electrons. The Morgan fingerprint density at radius 1 is 1.43 bits per heavy atom. The topological polar surface area (TPSA) is 46.2 Å². The van der Waals surface area contributed by atoms with Crippen molar-refractivity contribution < 1.29 is 5.11 Å². The predicted octanol–water partition coefficient (Wildman–Crippen LogP) is 2.58. The molecule has 3 rings (SSSR count).